The van der Waals surface area contributed by atoms with Crippen LogP contribution in [0.1, 0.15) is 18.3 Å². The molecule has 0 radical (unpaired) electrons. The fraction of sp³-hybridized carbons (Fsp3) is 0.556. The van der Waals surface area contributed by atoms with Crippen molar-refractivity contribution in [3.8, 4) is 0 Å². The van der Waals surface area contributed by atoms with E-state index in [-0.39, 0.29) is 11.5 Å². The van der Waals surface area contributed by atoms with Gasteiger partial charge < -0.3 is 5.11 Å². The second-order valence-electron chi connectivity index (χ2n) is 3.28. The average molecular weight is 265 g/mol. The normalized spacial score (nSPS) is 12.7. The number of aryl methyl sites for hydroxylation is 2. The standard InChI is InChI=1S/C9H13ClN2O3S/c1-3-12-7(9(10)6(2)11-12)4-16(15)5-8(13)14/h3-5H2,1-2H3,(H,13,14). The van der Waals surface area contributed by atoms with Gasteiger partial charge in [-0.2, -0.15) is 5.10 Å². The van der Waals surface area contributed by atoms with Crippen molar-refractivity contribution in [2.24, 2.45) is 0 Å². The van der Waals surface area contributed by atoms with Gasteiger partial charge in [0.15, 0.2) is 0 Å². The van der Waals surface area contributed by atoms with Gasteiger partial charge in [0.1, 0.15) is 5.75 Å². The summed E-state index contributed by atoms with van der Waals surface area (Å²) in [6.07, 6.45) is 0. The molecule has 1 unspecified atom stereocenters. The Balaban J connectivity index is 2.87. The molecule has 16 heavy (non-hydrogen) atoms. The molecule has 0 aliphatic rings. The van der Waals surface area contributed by atoms with E-state index < -0.39 is 16.8 Å². The minimum absolute atomic E-state index is 0.125. The largest absolute Gasteiger partial charge is 0.481 e. The van der Waals surface area contributed by atoms with Gasteiger partial charge in [0.25, 0.3) is 0 Å². The highest BCUT2D eigenvalue weighted by Crippen LogP contribution is 2.21. The zero-order valence-corrected chi connectivity index (χ0v) is 10.6. The van der Waals surface area contributed by atoms with Gasteiger partial charge in [0.2, 0.25) is 0 Å². The molecule has 7 heteroatoms. The Morgan fingerprint density at radius 3 is 2.75 bits per heavy atom. The number of hydrogen-bond donors (Lipinski definition) is 1. The fourth-order valence-electron chi connectivity index (χ4n) is 1.35. The van der Waals surface area contributed by atoms with Crippen LogP contribution in [0.25, 0.3) is 0 Å². The molecule has 0 aliphatic heterocycles. The van der Waals surface area contributed by atoms with E-state index in [4.69, 9.17) is 16.7 Å². The van der Waals surface area contributed by atoms with Crippen molar-refractivity contribution >= 4 is 28.4 Å². The van der Waals surface area contributed by atoms with Crippen LogP contribution in [0.5, 0.6) is 0 Å². The van der Waals surface area contributed by atoms with Crippen LogP contribution in [-0.4, -0.2) is 30.8 Å². The van der Waals surface area contributed by atoms with Crippen LogP contribution in [0.4, 0.5) is 0 Å². The molecule has 1 rings (SSSR count). The van der Waals surface area contributed by atoms with Gasteiger partial charge in [-0.3, -0.25) is 13.7 Å². The minimum Gasteiger partial charge on any atom is -0.481 e. The van der Waals surface area contributed by atoms with Gasteiger partial charge >= 0.3 is 5.97 Å². The molecule has 1 N–H and O–H groups in total. The summed E-state index contributed by atoms with van der Waals surface area (Å²) in [7, 11) is -1.45. The third kappa shape index (κ3) is 3.05. The smallest absolute Gasteiger partial charge is 0.316 e. The van der Waals surface area contributed by atoms with Crippen LogP contribution < -0.4 is 0 Å². The first-order valence-electron chi connectivity index (χ1n) is 4.74. The summed E-state index contributed by atoms with van der Waals surface area (Å²) < 4.78 is 13.1. The topological polar surface area (TPSA) is 72.2 Å². The van der Waals surface area contributed by atoms with E-state index in [2.05, 4.69) is 5.10 Å². The van der Waals surface area contributed by atoms with Crippen molar-refractivity contribution in [2.75, 3.05) is 5.75 Å². The number of carbonyl (C=O) groups is 1. The van der Waals surface area contributed by atoms with E-state index in [1.807, 2.05) is 6.92 Å². The lowest BCUT2D eigenvalue weighted by Crippen LogP contribution is -2.13. The molecule has 0 aliphatic carbocycles. The fourth-order valence-corrected chi connectivity index (χ4v) is 2.61. The van der Waals surface area contributed by atoms with E-state index in [0.717, 1.165) is 0 Å². The predicted octanol–water partition coefficient (Wildman–Crippen LogP) is 1.20. The number of aliphatic carboxylic acids is 1. The number of rotatable bonds is 5. The monoisotopic (exact) mass is 264 g/mol. The molecule has 0 saturated carbocycles. The molecule has 0 spiro atoms. The van der Waals surface area contributed by atoms with E-state index >= 15 is 0 Å². The molecule has 1 aromatic heterocycles. The van der Waals surface area contributed by atoms with Crippen LogP contribution in [0.3, 0.4) is 0 Å². The maximum Gasteiger partial charge on any atom is 0.316 e. The first-order valence-corrected chi connectivity index (χ1v) is 6.60. The molecule has 0 aromatic carbocycles. The van der Waals surface area contributed by atoms with Crippen molar-refractivity contribution in [3.63, 3.8) is 0 Å². The van der Waals surface area contributed by atoms with E-state index in [9.17, 15) is 9.00 Å². The molecule has 5 nitrogen and oxygen atoms in total. The highest BCUT2D eigenvalue weighted by atomic mass is 35.5. The summed E-state index contributed by atoms with van der Waals surface area (Å²) in [5, 5.41) is 13.2. The summed E-state index contributed by atoms with van der Waals surface area (Å²) in [6.45, 7) is 4.28. The van der Waals surface area contributed by atoms with Crippen LogP contribution in [0, 0.1) is 6.92 Å². The van der Waals surface area contributed by atoms with Gasteiger partial charge in [-0.25, -0.2) is 0 Å². The summed E-state index contributed by atoms with van der Waals surface area (Å²) in [5.41, 5.74) is 1.31. The van der Waals surface area contributed by atoms with E-state index in [1.54, 1.807) is 11.6 Å². The van der Waals surface area contributed by atoms with Gasteiger partial charge in [-0.15, -0.1) is 0 Å². The van der Waals surface area contributed by atoms with Gasteiger partial charge in [-0.1, -0.05) is 11.6 Å². The van der Waals surface area contributed by atoms with Gasteiger partial charge in [0.05, 0.1) is 22.2 Å². The lowest BCUT2D eigenvalue weighted by molar-refractivity contribution is -0.133. The molecule has 1 aromatic rings. The molecule has 0 saturated heterocycles. The van der Waals surface area contributed by atoms with Crippen LogP contribution in [-0.2, 0) is 27.9 Å². The second-order valence-corrected chi connectivity index (χ2v) is 5.12. The zero-order valence-electron chi connectivity index (χ0n) is 9.07. The Kier molecular flexibility index (Phi) is 4.49. The third-order valence-electron chi connectivity index (χ3n) is 2.03. The predicted molar refractivity (Wildman–Crippen MR) is 62.0 cm³/mol. The van der Waals surface area contributed by atoms with Crippen molar-refractivity contribution in [3.05, 3.63) is 16.4 Å². The first-order chi connectivity index (χ1) is 7.45. The zero-order chi connectivity index (χ0) is 12.3. The summed E-state index contributed by atoms with van der Waals surface area (Å²) >= 11 is 6.01. The number of halogens is 1. The summed E-state index contributed by atoms with van der Waals surface area (Å²) in [5.74, 6) is -1.32. The Morgan fingerprint density at radius 1 is 1.62 bits per heavy atom. The second kappa shape index (κ2) is 5.45. The Labute approximate surface area is 101 Å². The maximum absolute atomic E-state index is 11.5. The van der Waals surface area contributed by atoms with E-state index in [0.29, 0.717) is 23.0 Å². The molecule has 90 valence electrons. The van der Waals surface area contributed by atoms with Gasteiger partial charge in [-0.05, 0) is 13.8 Å². The molecular formula is C9H13ClN2O3S. The minimum atomic E-state index is -1.45. The quantitative estimate of drug-likeness (QED) is 0.867. The van der Waals surface area contributed by atoms with Crippen molar-refractivity contribution in [2.45, 2.75) is 26.1 Å². The van der Waals surface area contributed by atoms with Crippen molar-refractivity contribution in [1.29, 1.82) is 0 Å². The highest BCUT2D eigenvalue weighted by molar-refractivity contribution is 7.84. The number of nitrogens with zero attached hydrogens (tertiary/aromatic N) is 2. The molecular weight excluding hydrogens is 252 g/mol. The van der Waals surface area contributed by atoms with Crippen LogP contribution in [0.15, 0.2) is 0 Å². The Hall–Kier alpha value is -0.880. The van der Waals surface area contributed by atoms with Gasteiger partial charge in [0, 0.05) is 17.3 Å². The molecule has 1 atom stereocenters. The molecule has 0 fully saturated rings. The Bertz CT molecular complexity index is 431. The van der Waals surface area contributed by atoms with E-state index in [1.165, 1.54) is 0 Å². The number of aromatic nitrogens is 2. The first kappa shape index (κ1) is 13.2. The third-order valence-corrected chi connectivity index (χ3v) is 3.69. The van der Waals surface area contributed by atoms with Crippen molar-refractivity contribution < 1.29 is 14.1 Å². The Morgan fingerprint density at radius 2 is 2.25 bits per heavy atom. The number of carboxylic acids is 1. The summed E-state index contributed by atoms with van der Waals surface area (Å²) in [6, 6.07) is 0. The maximum atomic E-state index is 11.5. The number of carboxylic acid groups (broad SMARTS) is 1. The van der Waals surface area contributed by atoms with Crippen LogP contribution >= 0.6 is 11.6 Å². The molecule has 0 bridgehead atoms. The average Bonchev–Trinajstić information content (AvgIpc) is 2.44. The SMILES string of the molecule is CCn1nc(C)c(Cl)c1CS(=O)CC(=O)O. The highest BCUT2D eigenvalue weighted by Gasteiger charge is 2.16. The lowest BCUT2D eigenvalue weighted by Gasteiger charge is -2.04. The van der Waals surface area contributed by atoms with Crippen LogP contribution in [0.2, 0.25) is 5.02 Å². The molecule has 1 heterocycles. The van der Waals surface area contributed by atoms with Crippen molar-refractivity contribution in [1.82, 2.24) is 9.78 Å². The molecule has 0 amide bonds. The number of hydrogen-bond acceptors (Lipinski definition) is 3. The summed E-state index contributed by atoms with van der Waals surface area (Å²) in [4.78, 5) is 10.4. The lowest BCUT2D eigenvalue weighted by atomic mass is 10.4.